The molecule has 0 fully saturated rings. The second-order valence-electron chi connectivity index (χ2n) is 4.83. The van der Waals surface area contributed by atoms with Crippen LogP contribution in [0.3, 0.4) is 0 Å². The van der Waals surface area contributed by atoms with Gasteiger partial charge in [0, 0.05) is 0 Å². The number of carbonyl (C=O) groups is 1. The number of thiophene rings is 1. The highest BCUT2D eigenvalue weighted by molar-refractivity contribution is 7.07. The Labute approximate surface area is 121 Å². The standard InChI is InChI=1S/C17H14O2S/c18-17(19)16(9-12-7-8-20-11-12)15-6-5-13-3-1-2-4-14(13)10-15/h1-8,10-11,16H,9H2,(H,18,19). The highest BCUT2D eigenvalue weighted by Gasteiger charge is 2.20. The Kier molecular flexibility index (Phi) is 3.52. The minimum absolute atomic E-state index is 0.491. The van der Waals surface area contributed by atoms with Crippen LogP contribution in [0.1, 0.15) is 17.0 Å². The zero-order valence-corrected chi connectivity index (χ0v) is 11.6. The Morgan fingerprint density at radius 3 is 2.60 bits per heavy atom. The summed E-state index contributed by atoms with van der Waals surface area (Å²) in [6.07, 6.45) is 0.539. The Morgan fingerprint density at radius 1 is 1.10 bits per heavy atom. The minimum atomic E-state index is -0.772. The fourth-order valence-corrected chi connectivity index (χ4v) is 3.10. The average molecular weight is 282 g/mol. The van der Waals surface area contributed by atoms with E-state index in [4.69, 9.17) is 0 Å². The first-order chi connectivity index (χ1) is 9.74. The molecule has 1 unspecified atom stereocenters. The van der Waals surface area contributed by atoms with Crippen molar-refractivity contribution in [3.05, 3.63) is 70.4 Å². The predicted molar refractivity (Wildman–Crippen MR) is 82.3 cm³/mol. The molecule has 0 spiro atoms. The van der Waals surface area contributed by atoms with Crippen molar-refractivity contribution in [2.75, 3.05) is 0 Å². The second kappa shape index (κ2) is 5.47. The van der Waals surface area contributed by atoms with Crippen LogP contribution in [0.15, 0.2) is 59.3 Å². The Morgan fingerprint density at radius 2 is 1.90 bits per heavy atom. The number of aliphatic carboxylic acids is 1. The minimum Gasteiger partial charge on any atom is -0.481 e. The Hall–Kier alpha value is -2.13. The zero-order chi connectivity index (χ0) is 13.9. The van der Waals surface area contributed by atoms with Crippen molar-refractivity contribution in [3.63, 3.8) is 0 Å². The molecule has 0 amide bonds. The first-order valence-corrected chi connectivity index (χ1v) is 7.41. The third-order valence-electron chi connectivity index (χ3n) is 3.49. The van der Waals surface area contributed by atoms with E-state index >= 15 is 0 Å². The summed E-state index contributed by atoms with van der Waals surface area (Å²) in [5.74, 6) is -1.26. The van der Waals surface area contributed by atoms with Crippen LogP contribution in [0, 0.1) is 0 Å². The number of carboxylic acids is 1. The summed E-state index contributed by atoms with van der Waals surface area (Å²) in [4.78, 5) is 11.6. The van der Waals surface area contributed by atoms with Crippen LogP contribution in [-0.4, -0.2) is 11.1 Å². The van der Waals surface area contributed by atoms with Gasteiger partial charge in [-0.2, -0.15) is 11.3 Å². The molecule has 0 saturated heterocycles. The van der Waals surface area contributed by atoms with Crippen molar-refractivity contribution in [1.82, 2.24) is 0 Å². The third kappa shape index (κ3) is 2.58. The van der Waals surface area contributed by atoms with Gasteiger partial charge in [-0.15, -0.1) is 0 Å². The molecule has 0 saturated carbocycles. The van der Waals surface area contributed by atoms with Gasteiger partial charge in [0.05, 0.1) is 5.92 Å². The monoisotopic (exact) mass is 282 g/mol. The smallest absolute Gasteiger partial charge is 0.311 e. The van der Waals surface area contributed by atoms with Crippen molar-refractivity contribution < 1.29 is 9.90 Å². The van der Waals surface area contributed by atoms with Gasteiger partial charge in [-0.3, -0.25) is 4.79 Å². The summed E-state index contributed by atoms with van der Waals surface area (Å²) in [5.41, 5.74) is 1.94. The van der Waals surface area contributed by atoms with E-state index in [0.717, 1.165) is 21.9 Å². The molecule has 1 atom stereocenters. The lowest BCUT2D eigenvalue weighted by Gasteiger charge is -2.13. The van der Waals surface area contributed by atoms with Crippen LogP contribution in [0.5, 0.6) is 0 Å². The highest BCUT2D eigenvalue weighted by atomic mass is 32.1. The van der Waals surface area contributed by atoms with Gasteiger partial charge < -0.3 is 5.11 Å². The lowest BCUT2D eigenvalue weighted by atomic mass is 9.91. The second-order valence-corrected chi connectivity index (χ2v) is 5.61. The third-order valence-corrected chi connectivity index (χ3v) is 4.23. The van der Waals surface area contributed by atoms with E-state index in [1.165, 1.54) is 0 Å². The molecule has 0 radical (unpaired) electrons. The number of benzene rings is 2. The van der Waals surface area contributed by atoms with Gasteiger partial charge >= 0.3 is 5.97 Å². The zero-order valence-electron chi connectivity index (χ0n) is 10.8. The number of rotatable bonds is 4. The molecule has 0 aliphatic rings. The van der Waals surface area contributed by atoms with Crippen LogP contribution in [0.2, 0.25) is 0 Å². The molecule has 0 aliphatic carbocycles. The summed E-state index contributed by atoms with van der Waals surface area (Å²) in [5, 5.41) is 15.7. The molecule has 20 heavy (non-hydrogen) atoms. The predicted octanol–water partition coefficient (Wildman–Crippen LogP) is 4.31. The molecule has 100 valence electrons. The van der Waals surface area contributed by atoms with E-state index in [2.05, 4.69) is 0 Å². The lowest BCUT2D eigenvalue weighted by Crippen LogP contribution is -2.14. The lowest BCUT2D eigenvalue weighted by molar-refractivity contribution is -0.138. The molecular formula is C17H14O2S. The van der Waals surface area contributed by atoms with Crippen molar-refractivity contribution in [2.45, 2.75) is 12.3 Å². The molecule has 3 aromatic rings. The summed E-state index contributed by atoms with van der Waals surface area (Å²) in [6, 6.07) is 15.9. The van der Waals surface area contributed by atoms with E-state index in [-0.39, 0.29) is 0 Å². The van der Waals surface area contributed by atoms with Gasteiger partial charge in [-0.05, 0) is 45.1 Å². The molecule has 3 rings (SSSR count). The van der Waals surface area contributed by atoms with E-state index in [1.807, 2.05) is 59.3 Å². The van der Waals surface area contributed by atoms with Crippen molar-refractivity contribution in [3.8, 4) is 0 Å². The van der Waals surface area contributed by atoms with Crippen molar-refractivity contribution in [2.24, 2.45) is 0 Å². The number of hydrogen-bond donors (Lipinski definition) is 1. The maximum Gasteiger partial charge on any atom is 0.311 e. The number of fused-ring (bicyclic) bond motifs is 1. The van der Waals surface area contributed by atoms with E-state index in [0.29, 0.717) is 6.42 Å². The van der Waals surface area contributed by atoms with Crippen molar-refractivity contribution >= 4 is 28.1 Å². The Bertz CT molecular complexity index is 732. The van der Waals surface area contributed by atoms with Gasteiger partial charge in [-0.1, -0.05) is 42.5 Å². The first kappa shape index (κ1) is 12.9. The van der Waals surface area contributed by atoms with Gasteiger partial charge in [0.25, 0.3) is 0 Å². The fraction of sp³-hybridized carbons (Fsp3) is 0.118. The van der Waals surface area contributed by atoms with Crippen LogP contribution in [0.25, 0.3) is 10.8 Å². The van der Waals surface area contributed by atoms with Crippen LogP contribution in [0.4, 0.5) is 0 Å². The highest BCUT2D eigenvalue weighted by Crippen LogP contribution is 2.26. The summed E-state index contributed by atoms with van der Waals surface area (Å²) >= 11 is 1.60. The molecule has 0 bridgehead atoms. The summed E-state index contributed by atoms with van der Waals surface area (Å²) < 4.78 is 0. The fourth-order valence-electron chi connectivity index (χ4n) is 2.42. The molecule has 1 aromatic heterocycles. The largest absolute Gasteiger partial charge is 0.481 e. The van der Waals surface area contributed by atoms with E-state index < -0.39 is 11.9 Å². The quantitative estimate of drug-likeness (QED) is 0.774. The topological polar surface area (TPSA) is 37.3 Å². The van der Waals surface area contributed by atoms with Crippen LogP contribution in [-0.2, 0) is 11.2 Å². The molecule has 2 aromatic carbocycles. The number of carboxylic acid groups (broad SMARTS) is 1. The van der Waals surface area contributed by atoms with Gasteiger partial charge in [-0.25, -0.2) is 0 Å². The molecule has 2 nitrogen and oxygen atoms in total. The summed E-state index contributed by atoms with van der Waals surface area (Å²) in [7, 11) is 0. The maximum absolute atomic E-state index is 11.6. The molecule has 3 heteroatoms. The van der Waals surface area contributed by atoms with Crippen LogP contribution < -0.4 is 0 Å². The van der Waals surface area contributed by atoms with E-state index in [9.17, 15) is 9.90 Å². The summed E-state index contributed by atoms with van der Waals surface area (Å²) in [6.45, 7) is 0. The van der Waals surface area contributed by atoms with Gasteiger partial charge in [0.1, 0.15) is 0 Å². The SMILES string of the molecule is O=C(O)C(Cc1ccsc1)c1ccc2ccccc2c1. The molecular weight excluding hydrogens is 268 g/mol. The Balaban J connectivity index is 1.98. The van der Waals surface area contributed by atoms with Gasteiger partial charge in [0.2, 0.25) is 0 Å². The van der Waals surface area contributed by atoms with Gasteiger partial charge in [0.15, 0.2) is 0 Å². The molecule has 1 N–H and O–H groups in total. The molecule has 1 heterocycles. The molecule has 0 aliphatic heterocycles. The van der Waals surface area contributed by atoms with Crippen LogP contribution >= 0.6 is 11.3 Å². The van der Waals surface area contributed by atoms with Crippen molar-refractivity contribution in [1.29, 1.82) is 0 Å². The first-order valence-electron chi connectivity index (χ1n) is 6.46. The average Bonchev–Trinajstić information content (AvgIpc) is 2.97. The van der Waals surface area contributed by atoms with E-state index in [1.54, 1.807) is 11.3 Å². The normalized spacial score (nSPS) is 12.4. The number of hydrogen-bond acceptors (Lipinski definition) is 2. The maximum atomic E-state index is 11.6.